The van der Waals surface area contributed by atoms with Gasteiger partial charge in [0.05, 0.1) is 0 Å². The molecule has 0 radical (unpaired) electrons. The van der Waals surface area contributed by atoms with Crippen molar-refractivity contribution in [3.05, 3.63) is 29.7 Å². The Kier molecular flexibility index (Phi) is 2.13. The molecular formula is C9H9ClN4. The summed E-state index contributed by atoms with van der Waals surface area (Å²) < 4.78 is 1.63. The third-order valence-corrected chi connectivity index (χ3v) is 2.43. The molecule has 0 atom stereocenters. The fraction of sp³-hybridized carbons (Fsp3) is 0.111. The molecule has 2 N–H and O–H groups in total. The van der Waals surface area contributed by atoms with E-state index in [9.17, 15) is 0 Å². The Balaban J connectivity index is 2.58. The molecule has 0 unspecified atom stereocenters. The summed E-state index contributed by atoms with van der Waals surface area (Å²) in [7, 11) is 1.77. The van der Waals surface area contributed by atoms with Crippen LogP contribution in [0.2, 0.25) is 5.15 Å². The van der Waals surface area contributed by atoms with Crippen molar-refractivity contribution >= 4 is 17.5 Å². The molecule has 0 fully saturated rings. The second kappa shape index (κ2) is 3.31. The van der Waals surface area contributed by atoms with Crippen molar-refractivity contribution in [1.82, 2.24) is 14.5 Å². The Labute approximate surface area is 86.4 Å². The van der Waals surface area contributed by atoms with Crippen LogP contribution in [0.4, 0.5) is 5.95 Å². The van der Waals surface area contributed by atoms with Gasteiger partial charge in [-0.2, -0.15) is 0 Å². The number of hydrogen-bond acceptors (Lipinski definition) is 3. The number of nitrogen functional groups attached to an aromatic ring is 1. The zero-order valence-corrected chi connectivity index (χ0v) is 8.36. The highest BCUT2D eigenvalue weighted by Crippen LogP contribution is 2.27. The van der Waals surface area contributed by atoms with Gasteiger partial charge >= 0.3 is 0 Å². The normalized spacial score (nSPS) is 10.4. The lowest BCUT2D eigenvalue weighted by molar-refractivity contribution is 0.931. The number of rotatable bonds is 1. The summed E-state index contributed by atoms with van der Waals surface area (Å²) in [6.45, 7) is 0. The predicted molar refractivity (Wildman–Crippen MR) is 55.9 cm³/mol. The van der Waals surface area contributed by atoms with Gasteiger partial charge in [0.15, 0.2) is 0 Å². The second-order valence-electron chi connectivity index (χ2n) is 2.91. The quantitative estimate of drug-likeness (QED) is 0.777. The van der Waals surface area contributed by atoms with E-state index in [0.29, 0.717) is 16.8 Å². The largest absolute Gasteiger partial charge is 0.369 e. The van der Waals surface area contributed by atoms with E-state index in [2.05, 4.69) is 9.97 Å². The van der Waals surface area contributed by atoms with Crippen LogP contribution in [0.3, 0.4) is 0 Å². The van der Waals surface area contributed by atoms with E-state index in [1.165, 1.54) is 0 Å². The first kappa shape index (κ1) is 9.02. The molecule has 2 aromatic heterocycles. The molecule has 0 aliphatic heterocycles. The molecule has 72 valence electrons. The van der Waals surface area contributed by atoms with Crippen LogP contribution < -0.4 is 5.73 Å². The second-order valence-corrected chi connectivity index (χ2v) is 3.27. The third-order valence-electron chi connectivity index (χ3n) is 1.99. The van der Waals surface area contributed by atoms with Crippen molar-refractivity contribution in [2.24, 2.45) is 7.05 Å². The summed E-state index contributed by atoms with van der Waals surface area (Å²) in [4.78, 5) is 8.14. The molecule has 5 heteroatoms. The molecule has 0 aliphatic carbocycles. The van der Waals surface area contributed by atoms with E-state index in [1.54, 1.807) is 24.0 Å². The average molecular weight is 209 g/mol. The van der Waals surface area contributed by atoms with Crippen molar-refractivity contribution in [3.63, 3.8) is 0 Å². The van der Waals surface area contributed by atoms with Crippen LogP contribution in [0, 0.1) is 0 Å². The van der Waals surface area contributed by atoms with Gasteiger partial charge in [-0.3, -0.25) is 4.98 Å². The van der Waals surface area contributed by atoms with Crippen LogP contribution in [0.1, 0.15) is 0 Å². The van der Waals surface area contributed by atoms with Gasteiger partial charge in [-0.15, -0.1) is 0 Å². The maximum atomic E-state index is 6.04. The Morgan fingerprint density at radius 2 is 2.29 bits per heavy atom. The van der Waals surface area contributed by atoms with E-state index in [0.717, 1.165) is 5.56 Å². The monoisotopic (exact) mass is 208 g/mol. The fourth-order valence-corrected chi connectivity index (χ4v) is 1.42. The van der Waals surface area contributed by atoms with Crippen LogP contribution in [-0.4, -0.2) is 14.5 Å². The number of anilines is 1. The number of halogens is 1. The van der Waals surface area contributed by atoms with Gasteiger partial charge in [0.25, 0.3) is 0 Å². The molecule has 0 amide bonds. The summed E-state index contributed by atoms with van der Waals surface area (Å²) in [5.74, 6) is 0.397. The molecule has 2 heterocycles. The summed E-state index contributed by atoms with van der Waals surface area (Å²) in [5, 5.41) is 0.524. The minimum absolute atomic E-state index is 0.397. The van der Waals surface area contributed by atoms with E-state index >= 15 is 0 Å². The van der Waals surface area contributed by atoms with Gasteiger partial charge in [0, 0.05) is 25.0 Å². The highest BCUT2D eigenvalue weighted by Gasteiger charge is 2.11. The van der Waals surface area contributed by atoms with Gasteiger partial charge in [-0.1, -0.05) is 11.6 Å². The smallest absolute Gasteiger partial charge is 0.201 e. The third kappa shape index (κ3) is 1.33. The predicted octanol–water partition coefficient (Wildman–Crippen LogP) is 1.72. The first-order valence-electron chi connectivity index (χ1n) is 4.08. The first-order chi connectivity index (χ1) is 6.70. The lowest BCUT2D eigenvalue weighted by Gasteiger charge is -1.96. The molecule has 0 spiro atoms. The summed E-state index contributed by atoms with van der Waals surface area (Å²) in [6, 6.07) is 3.72. The minimum atomic E-state index is 0.397. The number of nitrogens with zero attached hydrogens (tertiary/aromatic N) is 3. The molecule has 2 rings (SSSR count). The standard InChI is InChI=1S/C9H9ClN4/c1-14-8(10)7(13-9(14)11)6-3-2-4-12-5-6/h2-5H,1H3,(H2,11,13). The summed E-state index contributed by atoms with van der Waals surface area (Å²) in [5.41, 5.74) is 7.16. The first-order valence-corrected chi connectivity index (χ1v) is 4.46. The summed E-state index contributed by atoms with van der Waals surface area (Å²) in [6.07, 6.45) is 3.40. The van der Waals surface area contributed by atoms with Crippen LogP contribution >= 0.6 is 11.6 Å². The van der Waals surface area contributed by atoms with Crippen LogP contribution in [0.5, 0.6) is 0 Å². The fourth-order valence-electron chi connectivity index (χ4n) is 1.18. The molecule has 0 saturated carbocycles. The number of pyridine rings is 1. The van der Waals surface area contributed by atoms with E-state index in [1.807, 2.05) is 12.1 Å². The SMILES string of the molecule is Cn1c(N)nc(-c2cccnc2)c1Cl. The maximum Gasteiger partial charge on any atom is 0.201 e. The molecular weight excluding hydrogens is 200 g/mol. The topological polar surface area (TPSA) is 56.7 Å². The lowest BCUT2D eigenvalue weighted by Crippen LogP contribution is -1.96. The van der Waals surface area contributed by atoms with Gasteiger partial charge in [-0.25, -0.2) is 4.98 Å². The van der Waals surface area contributed by atoms with Crippen LogP contribution in [-0.2, 0) is 7.05 Å². The molecule has 0 bridgehead atoms. The zero-order valence-electron chi connectivity index (χ0n) is 7.61. The highest BCUT2D eigenvalue weighted by atomic mass is 35.5. The van der Waals surface area contributed by atoms with Gasteiger partial charge in [0.1, 0.15) is 10.8 Å². The molecule has 2 aromatic rings. The molecule has 14 heavy (non-hydrogen) atoms. The Hall–Kier alpha value is -1.55. The summed E-state index contributed by atoms with van der Waals surface area (Å²) >= 11 is 6.04. The molecule has 0 saturated heterocycles. The highest BCUT2D eigenvalue weighted by molar-refractivity contribution is 6.32. The average Bonchev–Trinajstić information content (AvgIpc) is 2.47. The molecule has 0 aliphatic rings. The van der Waals surface area contributed by atoms with Crippen molar-refractivity contribution in [1.29, 1.82) is 0 Å². The Morgan fingerprint density at radius 3 is 2.79 bits per heavy atom. The van der Waals surface area contributed by atoms with Gasteiger partial charge < -0.3 is 10.3 Å². The van der Waals surface area contributed by atoms with Crippen LogP contribution in [0.15, 0.2) is 24.5 Å². The van der Waals surface area contributed by atoms with Gasteiger partial charge in [-0.05, 0) is 12.1 Å². The van der Waals surface area contributed by atoms with Crippen LogP contribution in [0.25, 0.3) is 11.3 Å². The number of nitrogens with two attached hydrogens (primary N) is 1. The Morgan fingerprint density at radius 1 is 1.50 bits per heavy atom. The molecule has 4 nitrogen and oxygen atoms in total. The molecule has 0 aromatic carbocycles. The maximum absolute atomic E-state index is 6.04. The number of imidazole rings is 1. The van der Waals surface area contributed by atoms with E-state index < -0.39 is 0 Å². The lowest BCUT2D eigenvalue weighted by atomic mass is 10.2. The van der Waals surface area contributed by atoms with Gasteiger partial charge in [0.2, 0.25) is 5.95 Å². The number of hydrogen-bond donors (Lipinski definition) is 1. The zero-order chi connectivity index (χ0) is 10.1. The van der Waals surface area contributed by atoms with E-state index in [-0.39, 0.29) is 0 Å². The Bertz CT molecular complexity index is 449. The van der Waals surface area contributed by atoms with Crippen molar-refractivity contribution in [3.8, 4) is 11.3 Å². The van der Waals surface area contributed by atoms with Crippen molar-refractivity contribution in [2.45, 2.75) is 0 Å². The number of aromatic nitrogens is 3. The van der Waals surface area contributed by atoms with E-state index in [4.69, 9.17) is 17.3 Å². The minimum Gasteiger partial charge on any atom is -0.369 e. The van der Waals surface area contributed by atoms with Crippen molar-refractivity contribution in [2.75, 3.05) is 5.73 Å². The van der Waals surface area contributed by atoms with Crippen molar-refractivity contribution < 1.29 is 0 Å².